The van der Waals surface area contributed by atoms with Crippen molar-refractivity contribution in [3.8, 4) is 5.75 Å². The van der Waals surface area contributed by atoms with Crippen molar-refractivity contribution in [2.45, 2.75) is 44.1 Å². The molecule has 4 rings (SSSR count). The molecule has 106 valence electrons. The number of rotatable bonds is 1. The molecule has 2 saturated carbocycles. The van der Waals surface area contributed by atoms with E-state index in [2.05, 4.69) is 30.3 Å². The zero-order valence-corrected chi connectivity index (χ0v) is 12.1. The van der Waals surface area contributed by atoms with Gasteiger partial charge in [0.2, 0.25) is 0 Å². The van der Waals surface area contributed by atoms with E-state index < -0.39 is 0 Å². The van der Waals surface area contributed by atoms with Crippen molar-refractivity contribution in [2.24, 2.45) is 11.8 Å². The van der Waals surface area contributed by atoms with Crippen LogP contribution >= 0.6 is 0 Å². The molecule has 2 aliphatic carbocycles. The van der Waals surface area contributed by atoms with Gasteiger partial charge in [-0.1, -0.05) is 31.0 Å². The summed E-state index contributed by atoms with van der Waals surface area (Å²) in [6.07, 6.45) is 10.0. The van der Waals surface area contributed by atoms with Crippen molar-refractivity contribution < 1.29 is 9.47 Å². The molecule has 1 heterocycles. The Bertz CT molecular complexity index is 524. The van der Waals surface area contributed by atoms with Crippen LogP contribution in [0.25, 0.3) is 6.08 Å². The molecule has 0 amide bonds. The smallest absolute Gasteiger partial charge is 0.171 e. The third-order valence-electron chi connectivity index (χ3n) is 5.51. The standard InChI is InChI=1S/C18H22O2/c1-19-17-12-13-6-2-3-11-16(13)20-18(17)14-7-4-8-15(18)10-5-9-14/h2-3,6,11-12,14-15H,4-5,7-10H2,1H3. The van der Waals surface area contributed by atoms with Gasteiger partial charge in [0.25, 0.3) is 0 Å². The van der Waals surface area contributed by atoms with Gasteiger partial charge in [-0.05, 0) is 37.8 Å². The number of hydrogen-bond donors (Lipinski definition) is 0. The number of para-hydroxylation sites is 1. The van der Waals surface area contributed by atoms with Crippen LogP contribution in [0.2, 0.25) is 0 Å². The van der Waals surface area contributed by atoms with Gasteiger partial charge in [0.05, 0.1) is 7.11 Å². The van der Waals surface area contributed by atoms with E-state index in [1.54, 1.807) is 7.11 Å². The number of fused-ring (bicyclic) bond motifs is 1. The van der Waals surface area contributed by atoms with Crippen LogP contribution in [-0.2, 0) is 4.74 Å². The van der Waals surface area contributed by atoms with E-state index >= 15 is 0 Å². The van der Waals surface area contributed by atoms with Crippen molar-refractivity contribution >= 4 is 6.08 Å². The molecular weight excluding hydrogens is 248 g/mol. The molecule has 1 spiro atoms. The molecule has 0 radical (unpaired) electrons. The van der Waals surface area contributed by atoms with Crippen LogP contribution < -0.4 is 4.74 Å². The first-order valence-corrected chi connectivity index (χ1v) is 7.89. The molecule has 1 aliphatic heterocycles. The van der Waals surface area contributed by atoms with Gasteiger partial charge in [0, 0.05) is 17.4 Å². The van der Waals surface area contributed by atoms with E-state index in [1.807, 2.05) is 0 Å². The van der Waals surface area contributed by atoms with Crippen molar-refractivity contribution in [1.29, 1.82) is 0 Å². The summed E-state index contributed by atoms with van der Waals surface area (Å²) in [4.78, 5) is 0. The highest BCUT2D eigenvalue weighted by atomic mass is 16.5. The van der Waals surface area contributed by atoms with E-state index in [4.69, 9.17) is 9.47 Å². The van der Waals surface area contributed by atoms with Crippen LogP contribution in [0, 0.1) is 11.8 Å². The lowest BCUT2D eigenvalue weighted by Gasteiger charge is -2.54. The maximum Gasteiger partial charge on any atom is 0.171 e. The predicted molar refractivity (Wildman–Crippen MR) is 79.5 cm³/mol. The monoisotopic (exact) mass is 270 g/mol. The highest BCUT2D eigenvalue weighted by Gasteiger charge is 2.56. The summed E-state index contributed by atoms with van der Waals surface area (Å²) in [5.74, 6) is 3.34. The third kappa shape index (κ3) is 1.57. The molecule has 0 unspecified atom stereocenters. The molecule has 20 heavy (non-hydrogen) atoms. The van der Waals surface area contributed by atoms with Gasteiger partial charge >= 0.3 is 0 Å². The lowest BCUT2D eigenvalue weighted by Crippen LogP contribution is -2.57. The van der Waals surface area contributed by atoms with E-state index in [0.717, 1.165) is 17.1 Å². The second-order valence-electron chi connectivity index (χ2n) is 6.40. The van der Waals surface area contributed by atoms with Crippen molar-refractivity contribution in [3.05, 3.63) is 35.6 Å². The van der Waals surface area contributed by atoms with Crippen LogP contribution in [-0.4, -0.2) is 12.7 Å². The first-order valence-electron chi connectivity index (χ1n) is 7.89. The molecule has 0 saturated heterocycles. The second kappa shape index (κ2) is 4.54. The topological polar surface area (TPSA) is 18.5 Å². The highest BCUT2D eigenvalue weighted by molar-refractivity contribution is 5.63. The first kappa shape index (κ1) is 12.3. The Hall–Kier alpha value is -1.44. The second-order valence-corrected chi connectivity index (χ2v) is 6.40. The molecule has 2 fully saturated rings. The van der Waals surface area contributed by atoms with Crippen LogP contribution in [0.15, 0.2) is 30.0 Å². The minimum Gasteiger partial charge on any atom is -0.497 e. The summed E-state index contributed by atoms with van der Waals surface area (Å²) in [5, 5.41) is 0. The molecule has 2 heteroatoms. The van der Waals surface area contributed by atoms with Gasteiger partial charge in [-0.15, -0.1) is 0 Å². The lowest BCUT2D eigenvalue weighted by atomic mass is 9.60. The molecule has 0 atom stereocenters. The lowest BCUT2D eigenvalue weighted by molar-refractivity contribution is -0.0992. The molecule has 2 nitrogen and oxygen atoms in total. The normalized spacial score (nSPS) is 35.0. The Kier molecular flexibility index (Phi) is 2.80. The zero-order valence-electron chi connectivity index (χ0n) is 12.1. The van der Waals surface area contributed by atoms with Gasteiger partial charge in [-0.3, -0.25) is 0 Å². The Balaban J connectivity index is 1.85. The number of ether oxygens (including phenoxy) is 2. The van der Waals surface area contributed by atoms with Crippen LogP contribution in [0.3, 0.4) is 0 Å². The Morgan fingerprint density at radius 3 is 2.35 bits per heavy atom. The molecule has 2 bridgehead atoms. The van der Waals surface area contributed by atoms with E-state index in [-0.39, 0.29) is 5.60 Å². The Labute approximate surface area is 120 Å². The van der Waals surface area contributed by atoms with E-state index in [0.29, 0.717) is 11.8 Å². The summed E-state index contributed by atoms with van der Waals surface area (Å²) >= 11 is 0. The third-order valence-corrected chi connectivity index (χ3v) is 5.51. The van der Waals surface area contributed by atoms with Gasteiger partial charge in [-0.2, -0.15) is 0 Å². The van der Waals surface area contributed by atoms with Crippen LogP contribution in [0.5, 0.6) is 5.75 Å². The van der Waals surface area contributed by atoms with E-state index in [1.165, 1.54) is 38.5 Å². The van der Waals surface area contributed by atoms with Gasteiger partial charge in [0.1, 0.15) is 11.5 Å². The number of methoxy groups -OCH3 is 1. The summed E-state index contributed by atoms with van der Waals surface area (Å²) in [5.41, 5.74) is 0.971. The maximum atomic E-state index is 6.64. The largest absolute Gasteiger partial charge is 0.497 e. The van der Waals surface area contributed by atoms with Crippen LogP contribution in [0.1, 0.15) is 44.1 Å². The predicted octanol–water partition coefficient (Wildman–Crippen LogP) is 4.41. The molecule has 0 aromatic heterocycles. The fourth-order valence-electron chi connectivity index (χ4n) is 4.67. The van der Waals surface area contributed by atoms with E-state index in [9.17, 15) is 0 Å². The Morgan fingerprint density at radius 1 is 1.05 bits per heavy atom. The minimum atomic E-state index is -0.181. The van der Waals surface area contributed by atoms with Crippen molar-refractivity contribution in [2.75, 3.05) is 7.11 Å². The van der Waals surface area contributed by atoms with Crippen molar-refractivity contribution in [3.63, 3.8) is 0 Å². The summed E-state index contributed by atoms with van der Waals surface area (Å²) in [6.45, 7) is 0. The molecule has 1 aromatic rings. The first-order chi connectivity index (χ1) is 9.84. The SMILES string of the molecule is COC1=Cc2ccccc2OC12C1CCCC2CCC1. The molecule has 3 aliphatic rings. The average molecular weight is 270 g/mol. The van der Waals surface area contributed by atoms with Gasteiger partial charge < -0.3 is 9.47 Å². The zero-order chi connectivity index (χ0) is 13.6. The highest BCUT2D eigenvalue weighted by Crippen LogP contribution is 2.55. The number of benzene rings is 1. The van der Waals surface area contributed by atoms with Crippen molar-refractivity contribution in [1.82, 2.24) is 0 Å². The summed E-state index contributed by atoms with van der Waals surface area (Å²) in [6, 6.07) is 8.34. The van der Waals surface area contributed by atoms with Gasteiger partial charge in [-0.25, -0.2) is 0 Å². The molecule has 0 N–H and O–H groups in total. The quantitative estimate of drug-likeness (QED) is 0.752. The minimum absolute atomic E-state index is 0.181. The molecular formula is C18H22O2. The van der Waals surface area contributed by atoms with Gasteiger partial charge in [0.15, 0.2) is 5.60 Å². The summed E-state index contributed by atoms with van der Waals surface area (Å²) < 4.78 is 12.5. The average Bonchev–Trinajstić information content (AvgIpc) is 2.46. The fraction of sp³-hybridized carbons (Fsp3) is 0.556. The maximum absolute atomic E-state index is 6.64. The van der Waals surface area contributed by atoms with Crippen LogP contribution in [0.4, 0.5) is 0 Å². The summed E-state index contributed by atoms with van der Waals surface area (Å²) in [7, 11) is 1.80. The fourth-order valence-corrected chi connectivity index (χ4v) is 4.67. The number of hydrogen-bond acceptors (Lipinski definition) is 2. The molecule has 1 aromatic carbocycles. The Morgan fingerprint density at radius 2 is 1.70 bits per heavy atom.